The van der Waals surface area contributed by atoms with Crippen LogP contribution in [-0.2, 0) is 0 Å². The van der Waals surface area contributed by atoms with Gasteiger partial charge in [-0.3, -0.25) is 0 Å². The lowest BCUT2D eigenvalue weighted by atomic mass is 10.7. The van der Waals surface area contributed by atoms with Gasteiger partial charge in [0, 0.05) is 6.20 Å². The van der Waals surface area contributed by atoms with Crippen LogP contribution >= 0.6 is 0 Å². The number of allylic oxidation sites excluding steroid dienone is 1. The van der Waals surface area contributed by atoms with Gasteiger partial charge in [0.1, 0.15) is 0 Å². The van der Waals surface area contributed by atoms with E-state index in [-0.39, 0.29) is 0 Å². The molecule has 62 valence electrons. The van der Waals surface area contributed by atoms with Gasteiger partial charge in [0.15, 0.2) is 0 Å². The minimum absolute atomic E-state index is 1.51. The van der Waals surface area contributed by atoms with E-state index in [1.54, 1.807) is 6.08 Å². The monoisotopic (exact) mass is 145 g/mol. The zero-order chi connectivity index (χ0) is 8.83. The summed E-state index contributed by atoms with van der Waals surface area (Å²) in [5.41, 5.74) is 0. The lowest BCUT2D eigenvalue weighted by Gasteiger charge is -1.63. The van der Waals surface area contributed by atoms with E-state index in [0.717, 1.165) is 0 Å². The Hall–Kier alpha value is -0.860. The van der Waals surface area contributed by atoms with Crippen molar-refractivity contribution in [2.45, 2.75) is 34.6 Å². The molecule has 0 aromatic carbocycles. The molecule has 2 N–H and O–H groups in total. The Morgan fingerprint density at radius 1 is 1.10 bits per heavy atom. The molecule has 0 saturated heterocycles. The van der Waals surface area contributed by atoms with Crippen LogP contribution < -0.4 is 5.84 Å². The van der Waals surface area contributed by atoms with E-state index in [1.807, 2.05) is 34.6 Å². The van der Waals surface area contributed by atoms with Crippen molar-refractivity contribution < 1.29 is 0 Å². The summed E-state index contributed by atoms with van der Waals surface area (Å²) in [6.45, 7) is 9.84. The summed E-state index contributed by atoms with van der Waals surface area (Å²) in [6, 6.07) is 0. The maximum Gasteiger partial charge on any atom is 0.0470 e. The lowest BCUT2D eigenvalue weighted by Crippen LogP contribution is -1.70. The number of hydrogen-bond donors (Lipinski definition) is 1. The Balaban J connectivity index is -0.000000105. The van der Waals surface area contributed by atoms with Crippen molar-refractivity contribution in [3.05, 3.63) is 12.3 Å². The summed E-state index contributed by atoms with van der Waals surface area (Å²) in [5, 5.41) is 6.28. The zero-order valence-electron chi connectivity index (χ0n) is 7.63. The smallest absolute Gasteiger partial charge is 0.0470 e. The van der Waals surface area contributed by atoms with Crippen molar-refractivity contribution in [3.63, 3.8) is 0 Å². The average Bonchev–Trinajstić information content (AvgIpc) is 2.08. The number of nitrogens with two attached hydrogens (primary N) is 1. The van der Waals surface area contributed by atoms with Crippen molar-refractivity contribution in [3.8, 4) is 0 Å². The van der Waals surface area contributed by atoms with Gasteiger partial charge in [-0.25, -0.2) is 0 Å². The first-order valence-corrected chi connectivity index (χ1v) is 3.63. The van der Waals surface area contributed by atoms with Crippen LogP contribution in [0.15, 0.2) is 22.6 Å². The third-order valence-electron chi connectivity index (χ3n) is 0.282. The highest BCUT2D eigenvalue weighted by atomic mass is 15.3. The van der Waals surface area contributed by atoms with Crippen molar-refractivity contribution in [1.29, 1.82) is 0 Å². The average molecular weight is 145 g/mol. The minimum Gasteiger partial charge on any atom is -0.305 e. The van der Waals surface area contributed by atoms with Crippen LogP contribution in [0.5, 0.6) is 0 Å². The first kappa shape index (κ1) is 16.1. The van der Waals surface area contributed by atoms with Crippen molar-refractivity contribution >= 4 is 0 Å². The van der Waals surface area contributed by atoms with Crippen LogP contribution in [0.4, 0.5) is 0 Å². The molecule has 3 heteroatoms. The Labute approximate surface area is 64.0 Å². The number of rotatable bonds is 1. The molecule has 0 bridgehead atoms. The van der Waals surface area contributed by atoms with E-state index in [2.05, 4.69) is 16.2 Å². The Morgan fingerprint density at radius 2 is 1.50 bits per heavy atom. The van der Waals surface area contributed by atoms with Crippen LogP contribution in [-0.4, -0.2) is 0 Å². The van der Waals surface area contributed by atoms with Gasteiger partial charge in [0.25, 0.3) is 0 Å². The predicted octanol–water partition coefficient (Wildman–Crippen LogP) is 2.90. The van der Waals surface area contributed by atoms with E-state index in [9.17, 15) is 0 Å². The fraction of sp³-hybridized carbons (Fsp3) is 0.714. The molecule has 0 fully saturated rings. The Kier molecular flexibility index (Phi) is 67.6. The van der Waals surface area contributed by atoms with Crippen LogP contribution in [0.1, 0.15) is 34.6 Å². The number of hydrogen-bond acceptors (Lipinski definition) is 2. The van der Waals surface area contributed by atoms with Crippen molar-refractivity contribution in [2.75, 3.05) is 0 Å². The minimum atomic E-state index is 1.51. The summed E-state index contributed by atoms with van der Waals surface area (Å²) in [7, 11) is 0. The second kappa shape index (κ2) is 42.1. The lowest BCUT2D eigenvalue weighted by molar-refractivity contribution is 1.05. The van der Waals surface area contributed by atoms with Crippen LogP contribution in [0.3, 0.4) is 0 Å². The second-order valence-corrected chi connectivity index (χ2v) is 0.713. The predicted molar refractivity (Wildman–Crippen MR) is 46.6 cm³/mol. The highest BCUT2D eigenvalue weighted by Gasteiger charge is 1.49. The molecule has 0 rings (SSSR count). The Bertz CT molecular complexity index is 57.3. The molecular weight excluding hydrogens is 126 g/mol. The maximum absolute atomic E-state index is 4.62. The quantitative estimate of drug-likeness (QED) is 0.344. The number of nitrogens with zero attached hydrogens (tertiary/aromatic N) is 2. The maximum atomic E-state index is 4.62. The summed E-state index contributed by atoms with van der Waals surface area (Å²) in [4.78, 5) is 0. The van der Waals surface area contributed by atoms with E-state index in [4.69, 9.17) is 0 Å². The van der Waals surface area contributed by atoms with Gasteiger partial charge >= 0.3 is 0 Å². The van der Waals surface area contributed by atoms with Crippen molar-refractivity contribution in [1.82, 2.24) is 0 Å². The molecule has 0 saturated carbocycles. The Morgan fingerprint density at radius 3 is 1.60 bits per heavy atom. The molecule has 0 aliphatic heterocycles. The molecule has 0 atom stereocenters. The van der Waals surface area contributed by atoms with Gasteiger partial charge in [0.05, 0.1) is 0 Å². The second-order valence-electron chi connectivity index (χ2n) is 0.713. The van der Waals surface area contributed by atoms with Gasteiger partial charge < -0.3 is 5.84 Å². The SMILES string of the molecule is C/C=C\N=NN.CC.CC. The molecule has 0 spiro atoms. The molecule has 0 aliphatic carbocycles. The fourth-order valence-electron chi connectivity index (χ4n) is 0.105. The van der Waals surface area contributed by atoms with E-state index in [0.29, 0.717) is 0 Å². The van der Waals surface area contributed by atoms with Gasteiger partial charge in [0.2, 0.25) is 0 Å². The molecule has 0 heterocycles. The largest absolute Gasteiger partial charge is 0.305 e. The molecular formula is C7H19N3. The summed E-state index contributed by atoms with van der Waals surface area (Å²) in [6.07, 6.45) is 3.26. The third kappa shape index (κ3) is 58.8. The van der Waals surface area contributed by atoms with Gasteiger partial charge in [-0.2, -0.15) is 0 Å². The molecule has 3 nitrogen and oxygen atoms in total. The summed E-state index contributed by atoms with van der Waals surface area (Å²) in [5.74, 6) is 4.62. The van der Waals surface area contributed by atoms with Crippen LogP contribution in [0.2, 0.25) is 0 Å². The first-order chi connectivity index (χ1) is 4.91. The molecule has 0 aliphatic rings. The highest BCUT2D eigenvalue weighted by molar-refractivity contribution is 4.70. The standard InChI is InChI=1S/C3H7N3.2C2H6/c1-2-3-5-6-4;2*1-2/h2-3H,1H3,(H2,4,5);2*1-2H3/b3-2-;;. The summed E-state index contributed by atoms with van der Waals surface area (Å²) < 4.78 is 0. The molecule has 10 heavy (non-hydrogen) atoms. The molecule has 0 amide bonds. The van der Waals surface area contributed by atoms with Crippen molar-refractivity contribution in [2.24, 2.45) is 16.2 Å². The third-order valence-corrected chi connectivity index (χ3v) is 0.282. The molecule has 0 aromatic heterocycles. The normalized spacial score (nSPS) is 8.10. The first-order valence-electron chi connectivity index (χ1n) is 3.63. The van der Waals surface area contributed by atoms with Gasteiger partial charge in [-0.05, 0) is 6.92 Å². The molecule has 0 unspecified atom stereocenters. The van der Waals surface area contributed by atoms with Gasteiger partial charge in [-0.15, -0.1) is 5.11 Å². The van der Waals surface area contributed by atoms with E-state index < -0.39 is 0 Å². The molecule has 0 aromatic rings. The fourth-order valence-corrected chi connectivity index (χ4v) is 0.105. The zero-order valence-corrected chi connectivity index (χ0v) is 7.63. The van der Waals surface area contributed by atoms with E-state index in [1.165, 1.54) is 6.20 Å². The van der Waals surface area contributed by atoms with Crippen LogP contribution in [0, 0.1) is 0 Å². The van der Waals surface area contributed by atoms with E-state index >= 15 is 0 Å². The topological polar surface area (TPSA) is 50.7 Å². The summed E-state index contributed by atoms with van der Waals surface area (Å²) >= 11 is 0. The van der Waals surface area contributed by atoms with Gasteiger partial charge in [-0.1, -0.05) is 39.0 Å². The molecule has 0 radical (unpaired) electrons. The highest BCUT2D eigenvalue weighted by Crippen LogP contribution is 1.68. The van der Waals surface area contributed by atoms with Crippen LogP contribution in [0.25, 0.3) is 0 Å².